The highest BCUT2D eigenvalue weighted by Gasteiger charge is 2.30. The third kappa shape index (κ3) is 5.75. The number of fused-ring (bicyclic) bond motifs is 3. The van der Waals surface area contributed by atoms with E-state index in [9.17, 15) is 9.59 Å². The number of aliphatic imine (C=N–C) groups is 1. The van der Waals surface area contributed by atoms with Gasteiger partial charge >= 0.3 is 0 Å². The maximum absolute atomic E-state index is 13.2. The van der Waals surface area contributed by atoms with Crippen molar-refractivity contribution in [3.05, 3.63) is 70.8 Å². The van der Waals surface area contributed by atoms with E-state index in [1.807, 2.05) is 74.7 Å². The number of amides is 2. The maximum Gasteiger partial charge on any atom is 0.234 e. The summed E-state index contributed by atoms with van der Waals surface area (Å²) >= 11 is 0. The summed E-state index contributed by atoms with van der Waals surface area (Å²) in [6, 6.07) is 12.9. The number of aryl methyl sites for hydroxylation is 2. The Hall–Kier alpha value is -4.05. The minimum Gasteiger partial charge on any atom is -0.497 e. The van der Waals surface area contributed by atoms with Crippen LogP contribution < -0.4 is 20.7 Å². The first-order valence-corrected chi connectivity index (χ1v) is 12.7. The van der Waals surface area contributed by atoms with Gasteiger partial charge in [0, 0.05) is 23.2 Å². The molecule has 3 atom stereocenters. The Morgan fingerprint density at radius 1 is 1.00 bits per heavy atom. The van der Waals surface area contributed by atoms with Gasteiger partial charge in [0.15, 0.2) is 5.82 Å². The molecule has 1 aliphatic rings. The second kappa shape index (κ2) is 11.6. The first kappa shape index (κ1) is 27.0. The largest absolute Gasteiger partial charge is 0.497 e. The summed E-state index contributed by atoms with van der Waals surface area (Å²) in [6.45, 7) is 7.86. The number of hydrogen-bond acceptors (Lipinski definition) is 7. The molecule has 200 valence electrons. The van der Waals surface area contributed by atoms with Gasteiger partial charge < -0.3 is 20.7 Å². The van der Waals surface area contributed by atoms with E-state index in [1.54, 1.807) is 14.2 Å². The minimum absolute atomic E-state index is 0.0696. The van der Waals surface area contributed by atoms with Crippen LogP contribution in [0.2, 0.25) is 0 Å². The molecule has 2 unspecified atom stereocenters. The topological polar surface area (TPSA) is 123 Å². The van der Waals surface area contributed by atoms with Gasteiger partial charge in [0.05, 0.1) is 31.5 Å². The Morgan fingerprint density at radius 3 is 2.34 bits per heavy atom. The lowest BCUT2D eigenvalue weighted by Crippen LogP contribution is -2.50. The molecule has 0 saturated carbocycles. The Balaban J connectivity index is 1.70. The molecular weight excluding hydrogens is 482 g/mol. The molecule has 10 heteroatoms. The van der Waals surface area contributed by atoms with Crippen LogP contribution in [-0.4, -0.2) is 65.1 Å². The number of carbonyl (C=O) groups is 2. The molecule has 0 radical (unpaired) electrons. The monoisotopic (exact) mass is 517 g/mol. The molecule has 2 heterocycles. The molecule has 0 aliphatic carbocycles. The molecule has 3 N–H and O–H groups in total. The van der Waals surface area contributed by atoms with Gasteiger partial charge in [0.1, 0.15) is 17.6 Å². The smallest absolute Gasteiger partial charge is 0.234 e. The highest BCUT2D eigenvalue weighted by molar-refractivity contribution is 6.15. The lowest BCUT2D eigenvalue weighted by atomic mass is 9.99. The first-order chi connectivity index (χ1) is 18.2. The number of aromatic nitrogens is 3. The molecule has 0 bridgehead atoms. The Labute approximate surface area is 222 Å². The molecule has 0 spiro atoms. The fourth-order valence-corrected chi connectivity index (χ4v) is 4.48. The number of hydrogen-bond donors (Lipinski definition) is 3. The number of carbonyl (C=O) groups excluding carboxylic acids is 2. The van der Waals surface area contributed by atoms with E-state index < -0.39 is 6.04 Å². The third-order valence-electron chi connectivity index (χ3n) is 6.70. The second-order valence-electron chi connectivity index (χ2n) is 9.63. The average molecular weight is 518 g/mol. The highest BCUT2D eigenvalue weighted by atomic mass is 16.5. The number of rotatable bonds is 9. The molecule has 0 fully saturated rings. The lowest BCUT2D eigenvalue weighted by Gasteiger charge is -2.23. The number of benzene rings is 2. The van der Waals surface area contributed by atoms with E-state index >= 15 is 0 Å². The van der Waals surface area contributed by atoms with Crippen LogP contribution in [-0.2, 0) is 9.59 Å². The van der Waals surface area contributed by atoms with Crippen molar-refractivity contribution in [1.82, 2.24) is 30.7 Å². The van der Waals surface area contributed by atoms with Crippen LogP contribution >= 0.6 is 0 Å². The van der Waals surface area contributed by atoms with Crippen molar-refractivity contribution in [3.63, 3.8) is 0 Å². The quantitative estimate of drug-likeness (QED) is 0.401. The summed E-state index contributed by atoms with van der Waals surface area (Å²) in [5.41, 5.74) is 4.57. The van der Waals surface area contributed by atoms with Gasteiger partial charge in [0.25, 0.3) is 0 Å². The van der Waals surface area contributed by atoms with Crippen LogP contribution in [0.15, 0.2) is 47.5 Å². The van der Waals surface area contributed by atoms with Gasteiger partial charge in [-0.15, -0.1) is 10.2 Å². The van der Waals surface area contributed by atoms with E-state index in [0.29, 0.717) is 17.4 Å². The zero-order valence-corrected chi connectivity index (χ0v) is 22.7. The van der Waals surface area contributed by atoms with Crippen molar-refractivity contribution in [2.75, 3.05) is 20.7 Å². The molecular formula is C28H35N7O3. The van der Waals surface area contributed by atoms with E-state index in [2.05, 4.69) is 26.1 Å². The molecule has 0 saturated heterocycles. The number of likely N-dealkylation sites (N-methyl/N-ethyl adjacent to an activating group) is 1. The highest BCUT2D eigenvalue weighted by Crippen LogP contribution is 2.34. The summed E-state index contributed by atoms with van der Waals surface area (Å²) < 4.78 is 7.49. The molecule has 38 heavy (non-hydrogen) atoms. The number of ether oxygens (including phenoxy) is 1. The number of nitrogens with zero attached hydrogens (tertiary/aromatic N) is 4. The lowest BCUT2D eigenvalue weighted by molar-refractivity contribution is -0.124. The Morgan fingerprint density at radius 2 is 1.68 bits per heavy atom. The van der Waals surface area contributed by atoms with E-state index in [-0.39, 0.29) is 36.9 Å². The van der Waals surface area contributed by atoms with Gasteiger partial charge in [-0.05, 0) is 52.9 Å². The number of methoxy groups -OCH3 is 1. The van der Waals surface area contributed by atoms with Gasteiger partial charge in [-0.3, -0.25) is 19.1 Å². The summed E-state index contributed by atoms with van der Waals surface area (Å²) in [5.74, 6) is 1.67. The minimum atomic E-state index is -0.577. The van der Waals surface area contributed by atoms with Crippen LogP contribution in [0, 0.1) is 13.8 Å². The molecule has 1 aromatic heterocycles. The normalized spacial score (nSPS) is 15.8. The summed E-state index contributed by atoms with van der Waals surface area (Å²) in [6.07, 6.45) is 0.0696. The van der Waals surface area contributed by atoms with Crippen LogP contribution in [0.25, 0.3) is 5.69 Å². The SMILES string of the molecule is CNCC(=O)NC(C)C(C)NC(=O)C[C@@H]1N=C(c2ccc(C)cc2)c2cc(OC)ccc2-n2c(C)nnc21. The fourth-order valence-electron chi connectivity index (χ4n) is 4.48. The van der Waals surface area contributed by atoms with Crippen LogP contribution in [0.4, 0.5) is 0 Å². The molecule has 2 amide bonds. The number of nitrogens with one attached hydrogen (secondary N) is 3. The van der Waals surface area contributed by atoms with Crippen LogP contribution in [0.5, 0.6) is 5.75 Å². The van der Waals surface area contributed by atoms with Crippen molar-refractivity contribution in [2.45, 2.75) is 52.2 Å². The second-order valence-corrected chi connectivity index (χ2v) is 9.63. The zero-order valence-electron chi connectivity index (χ0n) is 22.7. The fraction of sp³-hybridized carbons (Fsp3) is 0.393. The van der Waals surface area contributed by atoms with E-state index in [4.69, 9.17) is 9.73 Å². The van der Waals surface area contributed by atoms with Gasteiger partial charge in [-0.1, -0.05) is 29.8 Å². The molecule has 2 aromatic carbocycles. The predicted molar refractivity (Wildman–Crippen MR) is 146 cm³/mol. The predicted octanol–water partition coefficient (Wildman–Crippen LogP) is 2.40. The van der Waals surface area contributed by atoms with Crippen molar-refractivity contribution >= 4 is 17.5 Å². The summed E-state index contributed by atoms with van der Waals surface area (Å²) in [4.78, 5) is 30.3. The van der Waals surface area contributed by atoms with Crippen molar-refractivity contribution in [3.8, 4) is 11.4 Å². The third-order valence-corrected chi connectivity index (χ3v) is 6.70. The summed E-state index contributed by atoms with van der Waals surface area (Å²) in [5, 5.41) is 17.5. The van der Waals surface area contributed by atoms with Gasteiger partial charge in [0.2, 0.25) is 11.8 Å². The van der Waals surface area contributed by atoms with Crippen molar-refractivity contribution in [1.29, 1.82) is 0 Å². The Bertz CT molecular complexity index is 1350. The van der Waals surface area contributed by atoms with E-state index in [0.717, 1.165) is 28.1 Å². The standard InChI is InChI=1S/C28H35N7O3/c1-16-7-9-20(10-8-16)27-22-13-21(38-6)11-12-24(22)35-19(4)33-34-28(35)23(32-27)14-25(36)30-17(2)18(3)31-26(37)15-29-5/h7-13,17-18,23,29H,14-15H2,1-6H3,(H,30,36)(H,31,37)/t17?,18?,23-/m0/s1. The van der Waals surface area contributed by atoms with E-state index in [1.165, 1.54) is 0 Å². The molecule has 4 rings (SSSR count). The van der Waals surface area contributed by atoms with Gasteiger partial charge in [-0.25, -0.2) is 0 Å². The molecule has 1 aliphatic heterocycles. The zero-order chi connectivity index (χ0) is 27.4. The van der Waals surface area contributed by atoms with Crippen molar-refractivity contribution in [2.24, 2.45) is 4.99 Å². The van der Waals surface area contributed by atoms with Crippen LogP contribution in [0.1, 0.15) is 54.6 Å². The van der Waals surface area contributed by atoms with Crippen molar-refractivity contribution < 1.29 is 14.3 Å². The first-order valence-electron chi connectivity index (χ1n) is 12.7. The summed E-state index contributed by atoms with van der Waals surface area (Å²) in [7, 11) is 3.34. The maximum atomic E-state index is 13.2. The average Bonchev–Trinajstić information content (AvgIpc) is 3.21. The van der Waals surface area contributed by atoms with Gasteiger partial charge in [-0.2, -0.15) is 0 Å². The Kier molecular flexibility index (Phi) is 8.21. The molecule has 3 aromatic rings. The van der Waals surface area contributed by atoms with Crippen LogP contribution in [0.3, 0.4) is 0 Å². The molecule has 10 nitrogen and oxygen atoms in total.